The Morgan fingerprint density at radius 2 is 1.73 bits per heavy atom. The van der Waals surface area contributed by atoms with Crippen LogP contribution < -0.4 is 0 Å². The van der Waals surface area contributed by atoms with Gasteiger partial charge in [-0.15, -0.1) is 0 Å². The second kappa shape index (κ2) is 7.53. The third-order valence-corrected chi connectivity index (χ3v) is 6.49. The topological polar surface area (TPSA) is 54.4 Å². The van der Waals surface area contributed by atoms with Crippen LogP contribution in [0, 0.1) is 12.3 Å². The van der Waals surface area contributed by atoms with Crippen molar-refractivity contribution in [1.29, 1.82) is 0 Å². The van der Waals surface area contributed by atoms with Crippen LogP contribution in [-0.2, 0) is 9.84 Å². The maximum atomic E-state index is 12.4. The zero-order chi connectivity index (χ0) is 19.6. The molecule has 4 heteroatoms. The fourth-order valence-electron chi connectivity index (χ4n) is 3.35. The SMILES string of the molecule is CC1=C(/C=C/C(C)(O)/C=C/S(=O)(=O)c2ccc(C)cc2)C(C)(C)CCC1. The molecule has 3 nitrogen and oxygen atoms in total. The van der Waals surface area contributed by atoms with E-state index in [0.717, 1.165) is 23.8 Å². The number of hydrogen-bond donors (Lipinski definition) is 1. The van der Waals surface area contributed by atoms with Crippen molar-refractivity contribution in [3.8, 4) is 0 Å². The van der Waals surface area contributed by atoms with Crippen molar-refractivity contribution in [1.82, 2.24) is 0 Å². The summed E-state index contributed by atoms with van der Waals surface area (Å²) >= 11 is 0. The van der Waals surface area contributed by atoms with E-state index < -0.39 is 15.4 Å². The Labute approximate surface area is 158 Å². The molecule has 0 saturated heterocycles. The van der Waals surface area contributed by atoms with E-state index in [1.54, 1.807) is 37.3 Å². The molecule has 0 aliphatic heterocycles. The summed E-state index contributed by atoms with van der Waals surface area (Å²) < 4.78 is 24.8. The second-order valence-electron chi connectivity index (χ2n) is 8.15. The van der Waals surface area contributed by atoms with E-state index in [4.69, 9.17) is 0 Å². The zero-order valence-corrected chi connectivity index (χ0v) is 17.2. The van der Waals surface area contributed by atoms with E-state index in [1.807, 2.05) is 13.0 Å². The second-order valence-corrected chi connectivity index (χ2v) is 9.98. The molecule has 0 saturated carbocycles. The van der Waals surface area contributed by atoms with Crippen molar-refractivity contribution >= 4 is 9.84 Å². The normalized spacial score (nSPS) is 20.7. The average Bonchev–Trinajstić information content (AvgIpc) is 2.52. The fourth-order valence-corrected chi connectivity index (χ4v) is 4.48. The van der Waals surface area contributed by atoms with Crippen molar-refractivity contribution in [3.05, 3.63) is 64.6 Å². The summed E-state index contributed by atoms with van der Waals surface area (Å²) in [6, 6.07) is 6.69. The van der Waals surface area contributed by atoms with Crippen molar-refractivity contribution in [2.75, 3.05) is 0 Å². The maximum absolute atomic E-state index is 12.4. The molecule has 1 aromatic rings. The summed E-state index contributed by atoms with van der Waals surface area (Å²) in [6.07, 6.45) is 8.34. The monoisotopic (exact) mass is 374 g/mol. The van der Waals surface area contributed by atoms with Crippen molar-refractivity contribution in [3.63, 3.8) is 0 Å². The molecular weight excluding hydrogens is 344 g/mol. The molecule has 1 atom stereocenters. The highest BCUT2D eigenvalue weighted by Crippen LogP contribution is 2.41. The van der Waals surface area contributed by atoms with E-state index >= 15 is 0 Å². The predicted molar refractivity (Wildman–Crippen MR) is 108 cm³/mol. The zero-order valence-electron chi connectivity index (χ0n) is 16.4. The van der Waals surface area contributed by atoms with E-state index in [1.165, 1.54) is 23.6 Å². The van der Waals surface area contributed by atoms with Gasteiger partial charge in [0.25, 0.3) is 0 Å². The molecule has 1 aliphatic carbocycles. The van der Waals surface area contributed by atoms with Crippen LogP contribution >= 0.6 is 0 Å². The first-order valence-electron chi connectivity index (χ1n) is 9.06. The lowest BCUT2D eigenvalue weighted by Crippen LogP contribution is -2.21. The number of benzene rings is 1. The van der Waals surface area contributed by atoms with Gasteiger partial charge in [-0.25, -0.2) is 8.42 Å². The summed E-state index contributed by atoms with van der Waals surface area (Å²) in [6.45, 7) is 10.1. The Balaban J connectivity index is 2.22. The highest BCUT2D eigenvalue weighted by Gasteiger charge is 2.27. The first-order valence-corrected chi connectivity index (χ1v) is 10.6. The molecule has 2 rings (SSSR count). The number of sulfone groups is 1. The molecule has 0 amide bonds. The third-order valence-electron chi connectivity index (χ3n) is 5.06. The first-order chi connectivity index (χ1) is 11.9. The first kappa shape index (κ1) is 20.7. The fraction of sp³-hybridized carbons (Fsp3) is 0.455. The summed E-state index contributed by atoms with van der Waals surface area (Å²) in [5.74, 6) is 0. The molecule has 0 aromatic heterocycles. The third kappa shape index (κ3) is 5.18. The Kier molecular flexibility index (Phi) is 5.99. The van der Waals surface area contributed by atoms with Gasteiger partial charge < -0.3 is 5.11 Å². The van der Waals surface area contributed by atoms with Crippen LogP contribution in [0.4, 0.5) is 0 Å². The van der Waals surface area contributed by atoms with Crippen molar-refractivity contribution < 1.29 is 13.5 Å². The molecule has 142 valence electrons. The summed E-state index contributed by atoms with van der Waals surface area (Å²) in [5, 5.41) is 11.7. The van der Waals surface area contributed by atoms with Gasteiger partial charge in [0, 0.05) is 5.41 Å². The van der Waals surface area contributed by atoms with Gasteiger partial charge in [-0.2, -0.15) is 0 Å². The van der Waals surface area contributed by atoms with Gasteiger partial charge >= 0.3 is 0 Å². The molecule has 1 aliphatic rings. The van der Waals surface area contributed by atoms with Gasteiger partial charge in [-0.3, -0.25) is 0 Å². The standard InChI is InChI=1S/C22H30O3S/c1-17-8-10-19(11-9-17)26(24,25)16-15-22(5,23)14-12-20-18(2)7-6-13-21(20,3)4/h8-12,14-16,23H,6-7,13H2,1-5H3/b14-12+,16-15+. The highest BCUT2D eigenvalue weighted by atomic mass is 32.2. The van der Waals surface area contributed by atoms with Crippen LogP contribution in [0.5, 0.6) is 0 Å². The van der Waals surface area contributed by atoms with Crippen LogP contribution in [0.1, 0.15) is 52.5 Å². The van der Waals surface area contributed by atoms with Gasteiger partial charge in [-0.05, 0) is 75.3 Å². The smallest absolute Gasteiger partial charge is 0.199 e. The molecule has 0 spiro atoms. The highest BCUT2D eigenvalue weighted by molar-refractivity contribution is 7.94. The van der Waals surface area contributed by atoms with Crippen LogP contribution in [0.15, 0.2) is 63.9 Å². The largest absolute Gasteiger partial charge is 0.382 e. The number of aliphatic hydroxyl groups is 1. The van der Waals surface area contributed by atoms with Crippen LogP contribution in [0.2, 0.25) is 0 Å². The minimum absolute atomic E-state index is 0.0760. The minimum atomic E-state index is -3.57. The summed E-state index contributed by atoms with van der Waals surface area (Å²) in [5.41, 5.74) is 2.32. The van der Waals surface area contributed by atoms with E-state index in [0.29, 0.717) is 0 Å². The van der Waals surface area contributed by atoms with E-state index in [2.05, 4.69) is 20.8 Å². The molecule has 1 unspecified atom stereocenters. The van der Waals surface area contributed by atoms with Gasteiger partial charge in [0.2, 0.25) is 0 Å². The number of allylic oxidation sites excluding steroid dienone is 3. The Morgan fingerprint density at radius 1 is 1.12 bits per heavy atom. The summed E-state index contributed by atoms with van der Waals surface area (Å²) in [7, 11) is -3.57. The maximum Gasteiger partial charge on any atom is 0.199 e. The lowest BCUT2D eigenvalue weighted by atomic mass is 9.72. The van der Waals surface area contributed by atoms with Crippen LogP contribution in [0.3, 0.4) is 0 Å². The minimum Gasteiger partial charge on any atom is -0.382 e. The molecular formula is C22H30O3S. The lowest BCUT2D eigenvalue weighted by Gasteiger charge is -2.33. The van der Waals surface area contributed by atoms with Gasteiger partial charge in [0.15, 0.2) is 9.84 Å². The number of aryl methyl sites for hydroxylation is 1. The summed E-state index contributed by atoms with van der Waals surface area (Å²) in [4.78, 5) is 0.228. The molecule has 1 N–H and O–H groups in total. The number of hydrogen-bond acceptors (Lipinski definition) is 3. The van der Waals surface area contributed by atoms with Gasteiger partial charge in [-0.1, -0.05) is 43.2 Å². The van der Waals surface area contributed by atoms with Crippen LogP contribution in [-0.4, -0.2) is 19.1 Å². The quantitative estimate of drug-likeness (QED) is 0.778. The molecule has 1 aromatic carbocycles. The van der Waals surface area contributed by atoms with E-state index in [-0.39, 0.29) is 10.3 Å². The predicted octanol–water partition coefficient (Wildman–Crippen LogP) is 5.12. The van der Waals surface area contributed by atoms with Crippen molar-refractivity contribution in [2.45, 2.75) is 64.4 Å². The molecule has 0 radical (unpaired) electrons. The molecule has 26 heavy (non-hydrogen) atoms. The van der Waals surface area contributed by atoms with Gasteiger partial charge in [0.05, 0.1) is 10.5 Å². The van der Waals surface area contributed by atoms with Gasteiger partial charge in [0.1, 0.15) is 0 Å². The Morgan fingerprint density at radius 3 is 2.31 bits per heavy atom. The van der Waals surface area contributed by atoms with Crippen molar-refractivity contribution in [2.24, 2.45) is 5.41 Å². The molecule has 0 fully saturated rings. The van der Waals surface area contributed by atoms with Crippen LogP contribution in [0.25, 0.3) is 0 Å². The van der Waals surface area contributed by atoms with E-state index in [9.17, 15) is 13.5 Å². The Hall–Kier alpha value is -1.65. The molecule has 0 heterocycles. The lowest BCUT2D eigenvalue weighted by molar-refractivity contribution is 0.164. The molecule has 0 bridgehead atoms. The number of rotatable bonds is 5. The Bertz CT molecular complexity index is 836. The average molecular weight is 375 g/mol.